The Morgan fingerprint density at radius 1 is 1.17 bits per heavy atom. The van der Waals surface area contributed by atoms with Gasteiger partial charge in [0.15, 0.2) is 5.13 Å². The van der Waals surface area contributed by atoms with Crippen LogP contribution in [0.15, 0.2) is 72.6 Å². The first-order chi connectivity index (χ1) is 14.1. The second-order valence-corrected chi connectivity index (χ2v) is 7.40. The van der Waals surface area contributed by atoms with Gasteiger partial charge in [0.2, 0.25) is 0 Å². The van der Waals surface area contributed by atoms with Crippen molar-refractivity contribution in [1.82, 2.24) is 9.97 Å². The molecule has 2 aromatic carbocycles. The summed E-state index contributed by atoms with van der Waals surface area (Å²) in [6.07, 6.45) is 1.66. The molecular weight excluding hydrogens is 385 g/mol. The van der Waals surface area contributed by atoms with Crippen LogP contribution in [0.5, 0.6) is 0 Å². The van der Waals surface area contributed by atoms with Crippen LogP contribution in [0.1, 0.15) is 16.1 Å². The van der Waals surface area contributed by atoms with Crippen molar-refractivity contribution >= 4 is 33.3 Å². The zero-order valence-electron chi connectivity index (χ0n) is 15.8. The molecule has 1 amide bonds. The van der Waals surface area contributed by atoms with E-state index in [0.717, 1.165) is 11.3 Å². The number of aryl methyl sites for hydroxylation is 1. The van der Waals surface area contributed by atoms with Gasteiger partial charge in [0.25, 0.3) is 5.91 Å². The second kappa shape index (κ2) is 7.93. The van der Waals surface area contributed by atoms with Gasteiger partial charge in [0.05, 0.1) is 16.8 Å². The van der Waals surface area contributed by atoms with Gasteiger partial charge < -0.3 is 0 Å². The Labute approximate surface area is 172 Å². The van der Waals surface area contributed by atoms with Crippen LogP contribution >= 0.6 is 11.3 Å². The van der Waals surface area contributed by atoms with Crippen LogP contribution in [0, 0.1) is 12.7 Å². The first kappa shape index (κ1) is 19.0. The van der Waals surface area contributed by atoms with Crippen LogP contribution in [-0.2, 0) is 0 Å². The summed E-state index contributed by atoms with van der Waals surface area (Å²) in [7, 11) is 0. The number of rotatable bonds is 5. The summed E-state index contributed by atoms with van der Waals surface area (Å²) in [5.74, 6) is -0.606. The molecule has 4 nitrogen and oxygen atoms in total. The third-order valence-corrected chi connectivity index (χ3v) is 5.34. The van der Waals surface area contributed by atoms with E-state index in [2.05, 4.69) is 16.5 Å². The van der Waals surface area contributed by atoms with Crippen LogP contribution in [0.3, 0.4) is 0 Å². The SMILES string of the molecule is C=CCN(C(=O)c1cc(C)nc2cc(F)ccc12)c1nc(-c2ccccc2)cs1. The first-order valence-corrected chi connectivity index (χ1v) is 9.95. The minimum atomic E-state index is -0.385. The summed E-state index contributed by atoms with van der Waals surface area (Å²) in [4.78, 5) is 24.1. The standard InChI is InChI=1S/C23H18FN3OS/c1-3-11-27(23-26-21(14-29-23)16-7-5-4-6-8-16)22(28)19-12-15(2)25-20-13-17(24)9-10-18(19)20/h3-10,12-14H,1,11H2,2H3. The number of carbonyl (C=O) groups is 1. The van der Waals surface area contributed by atoms with Crippen LogP contribution in [0.4, 0.5) is 9.52 Å². The van der Waals surface area contributed by atoms with Gasteiger partial charge in [0.1, 0.15) is 5.82 Å². The minimum absolute atomic E-state index is 0.221. The number of halogens is 1. The maximum absolute atomic E-state index is 13.7. The van der Waals surface area contributed by atoms with Crippen molar-refractivity contribution in [2.75, 3.05) is 11.4 Å². The molecule has 2 heterocycles. The van der Waals surface area contributed by atoms with E-state index in [-0.39, 0.29) is 11.7 Å². The fourth-order valence-corrected chi connectivity index (χ4v) is 4.00. The number of hydrogen-bond donors (Lipinski definition) is 0. The van der Waals surface area contributed by atoms with Crippen molar-refractivity contribution in [2.45, 2.75) is 6.92 Å². The average molecular weight is 403 g/mol. The summed E-state index contributed by atoms with van der Waals surface area (Å²) in [6.45, 7) is 5.88. The molecular formula is C23H18FN3OS. The molecule has 0 spiro atoms. The number of aromatic nitrogens is 2. The fourth-order valence-electron chi connectivity index (χ4n) is 3.16. The molecule has 0 fully saturated rings. The number of nitrogens with zero attached hydrogens (tertiary/aromatic N) is 3. The normalized spacial score (nSPS) is 10.8. The highest BCUT2D eigenvalue weighted by Gasteiger charge is 2.22. The third-order valence-electron chi connectivity index (χ3n) is 4.48. The Kier molecular flexibility index (Phi) is 5.18. The molecule has 0 N–H and O–H groups in total. The Balaban J connectivity index is 1.77. The van der Waals surface area contributed by atoms with Gasteiger partial charge in [-0.05, 0) is 25.1 Å². The van der Waals surface area contributed by atoms with Crippen molar-refractivity contribution in [1.29, 1.82) is 0 Å². The molecule has 4 aromatic rings. The van der Waals surface area contributed by atoms with Crippen molar-refractivity contribution in [3.8, 4) is 11.3 Å². The van der Waals surface area contributed by atoms with E-state index in [1.165, 1.54) is 23.5 Å². The van der Waals surface area contributed by atoms with Crippen LogP contribution < -0.4 is 4.90 Å². The molecule has 0 aliphatic carbocycles. The summed E-state index contributed by atoms with van der Waals surface area (Å²) in [5, 5.41) is 3.12. The lowest BCUT2D eigenvalue weighted by atomic mass is 10.1. The summed E-state index contributed by atoms with van der Waals surface area (Å²) in [5.41, 5.74) is 3.36. The smallest absolute Gasteiger partial charge is 0.261 e. The Morgan fingerprint density at radius 2 is 1.97 bits per heavy atom. The van der Waals surface area contributed by atoms with E-state index < -0.39 is 0 Å². The molecule has 0 unspecified atom stereocenters. The first-order valence-electron chi connectivity index (χ1n) is 9.07. The van der Waals surface area contributed by atoms with Gasteiger partial charge in [-0.1, -0.05) is 36.4 Å². The number of hydrogen-bond acceptors (Lipinski definition) is 4. The van der Waals surface area contributed by atoms with E-state index in [1.54, 1.807) is 30.0 Å². The lowest BCUT2D eigenvalue weighted by Crippen LogP contribution is -2.31. The predicted molar refractivity (Wildman–Crippen MR) is 116 cm³/mol. The topological polar surface area (TPSA) is 46.1 Å². The zero-order valence-corrected chi connectivity index (χ0v) is 16.6. The van der Waals surface area contributed by atoms with Gasteiger partial charge >= 0.3 is 0 Å². The summed E-state index contributed by atoms with van der Waals surface area (Å²) >= 11 is 1.40. The van der Waals surface area contributed by atoms with Crippen LogP contribution in [-0.4, -0.2) is 22.4 Å². The quantitative estimate of drug-likeness (QED) is 0.405. The third kappa shape index (κ3) is 3.79. The molecule has 0 aliphatic heterocycles. The molecule has 0 radical (unpaired) electrons. The molecule has 0 aliphatic rings. The molecule has 0 atom stereocenters. The number of amides is 1. The monoisotopic (exact) mass is 403 g/mol. The number of fused-ring (bicyclic) bond motifs is 1. The van der Waals surface area contributed by atoms with Gasteiger partial charge in [-0.3, -0.25) is 14.7 Å². The van der Waals surface area contributed by atoms with Crippen LogP contribution in [0.2, 0.25) is 0 Å². The Hall–Kier alpha value is -3.38. The van der Waals surface area contributed by atoms with E-state index in [4.69, 9.17) is 0 Å². The predicted octanol–water partition coefficient (Wildman–Crippen LogP) is 5.64. The lowest BCUT2D eigenvalue weighted by molar-refractivity contribution is 0.0991. The van der Waals surface area contributed by atoms with E-state index in [0.29, 0.717) is 33.8 Å². The number of benzene rings is 2. The van der Waals surface area contributed by atoms with Crippen molar-refractivity contribution in [3.63, 3.8) is 0 Å². The molecule has 144 valence electrons. The highest BCUT2D eigenvalue weighted by molar-refractivity contribution is 7.14. The van der Waals surface area contributed by atoms with E-state index >= 15 is 0 Å². The fraction of sp³-hybridized carbons (Fsp3) is 0.0870. The zero-order chi connectivity index (χ0) is 20.4. The average Bonchev–Trinajstić information content (AvgIpc) is 3.21. The van der Waals surface area contributed by atoms with E-state index in [9.17, 15) is 9.18 Å². The number of carbonyl (C=O) groups excluding carboxylic acids is 1. The second-order valence-electron chi connectivity index (χ2n) is 6.56. The molecule has 2 aromatic heterocycles. The largest absolute Gasteiger partial charge is 0.280 e. The molecule has 4 rings (SSSR count). The lowest BCUT2D eigenvalue weighted by Gasteiger charge is -2.19. The van der Waals surface area contributed by atoms with Gasteiger partial charge in [-0.2, -0.15) is 0 Å². The number of anilines is 1. The highest BCUT2D eigenvalue weighted by atomic mass is 32.1. The number of thiazole rings is 1. The highest BCUT2D eigenvalue weighted by Crippen LogP contribution is 2.30. The summed E-state index contributed by atoms with van der Waals surface area (Å²) in [6, 6.07) is 15.8. The Bertz CT molecular complexity index is 1200. The molecule has 29 heavy (non-hydrogen) atoms. The Morgan fingerprint density at radius 3 is 2.72 bits per heavy atom. The molecule has 0 bridgehead atoms. The maximum Gasteiger partial charge on any atom is 0.261 e. The molecule has 0 saturated heterocycles. The van der Waals surface area contributed by atoms with Crippen molar-refractivity contribution in [2.24, 2.45) is 0 Å². The van der Waals surface area contributed by atoms with Gasteiger partial charge in [-0.25, -0.2) is 9.37 Å². The molecule has 0 saturated carbocycles. The minimum Gasteiger partial charge on any atom is -0.280 e. The van der Waals surface area contributed by atoms with Crippen molar-refractivity contribution in [3.05, 3.63) is 89.7 Å². The summed E-state index contributed by atoms with van der Waals surface area (Å²) < 4.78 is 13.7. The van der Waals surface area contributed by atoms with E-state index in [1.807, 2.05) is 35.7 Å². The van der Waals surface area contributed by atoms with Gasteiger partial charge in [0, 0.05) is 34.6 Å². The number of pyridine rings is 1. The molecule has 6 heteroatoms. The maximum atomic E-state index is 13.7. The van der Waals surface area contributed by atoms with Crippen LogP contribution in [0.25, 0.3) is 22.2 Å². The van der Waals surface area contributed by atoms with Gasteiger partial charge in [-0.15, -0.1) is 17.9 Å². The van der Waals surface area contributed by atoms with Crippen molar-refractivity contribution < 1.29 is 9.18 Å².